The molecule has 0 bridgehead atoms. The third kappa shape index (κ3) is 3.76. The van der Waals surface area contributed by atoms with E-state index >= 15 is 0 Å². The molecule has 0 fully saturated rings. The zero-order valence-corrected chi connectivity index (χ0v) is 10.3. The summed E-state index contributed by atoms with van der Waals surface area (Å²) in [5, 5.41) is 0.553. The standard InChI is InChI=1S/C11H13ClO2S/c1-8(13)10-7-9(12)3-4-11(10)14-5-6-15-2/h3-4,7H,5-6H2,1-2H3. The third-order valence-electron chi connectivity index (χ3n) is 1.87. The Morgan fingerprint density at radius 1 is 1.53 bits per heavy atom. The van der Waals surface area contributed by atoms with Crippen LogP contribution in [0.25, 0.3) is 0 Å². The highest BCUT2D eigenvalue weighted by molar-refractivity contribution is 7.98. The van der Waals surface area contributed by atoms with Gasteiger partial charge in [-0.2, -0.15) is 11.8 Å². The lowest BCUT2D eigenvalue weighted by atomic mass is 10.1. The Labute approximate surface area is 99.0 Å². The molecule has 0 amide bonds. The molecule has 0 N–H and O–H groups in total. The summed E-state index contributed by atoms with van der Waals surface area (Å²) < 4.78 is 5.49. The molecule has 1 aromatic rings. The van der Waals surface area contributed by atoms with Gasteiger partial charge in [-0.05, 0) is 31.4 Å². The number of hydrogen-bond donors (Lipinski definition) is 0. The van der Waals surface area contributed by atoms with Crippen molar-refractivity contribution in [1.82, 2.24) is 0 Å². The Hall–Kier alpha value is -0.670. The minimum Gasteiger partial charge on any atom is -0.492 e. The van der Waals surface area contributed by atoms with Crippen LogP contribution < -0.4 is 4.74 Å². The van der Waals surface area contributed by atoms with Gasteiger partial charge in [-0.1, -0.05) is 11.6 Å². The van der Waals surface area contributed by atoms with Crippen molar-refractivity contribution < 1.29 is 9.53 Å². The van der Waals surface area contributed by atoms with Gasteiger partial charge in [-0.15, -0.1) is 0 Å². The molecular formula is C11H13ClO2S. The fourth-order valence-electron chi connectivity index (χ4n) is 1.14. The number of carbonyl (C=O) groups excluding carboxylic acids is 1. The van der Waals surface area contributed by atoms with Crippen molar-refractivity contribution >= 4 is 29.1 Å². The van der Waals surface area contributed by atoms with Gasteiger partial charge in [0.2, 0.25) is 0 Å². The molecule has 82 valence electrons. The molecule has 1 rings (SSSR count). The Bertz CT molecular complexity index is 352. The number of hydrogen-bond acceptors (Lipinski definition) is 3. The molecule has 0 heterocycles. The maximum Gasteiger partial charge on any atom is 0.163 e. The fraction of sp³-hybridized carbons (Fsp3) is 0.364. The molecule has 0 aliphatic carbocycles. The number of benzene rings is 1. The molecule has 4 heteroatoms. The highest BCUT2D eigenvalue weighted by atomic mass is 35.5. The van der Waals surface area contributed by atoms with Gasteiger partial charge in [0.05, 0.1) is 12.2 Å². The Morgan fingerprint density at radius 2 is 2.27 bits per heavy atom. The zero-order chi connectivity index (χ0) is 11.3. The average Bonchev–Trinajstić information content (AvgIpc) is 2.20. The van der Waals surface area contributed by atoms with Crippen LogP contribution in [0.15, 0.2) is 18.2 Å². The summed E-state index contributed by atoms with van der Waals surface area (Å²) >= 11 is 7.51. The van der Waals surface area contributed by atoms with E-state index in [-0.39, 0.29) is 5.78 Å². The van der Waals surface area contributed by atoms with Gasteiger partial charge in [-0.25, -0.2) is 0 Å². The lowest BCUT2D eigenvalue weighted by Gasteiger charge is -2.09. The van der Waals surface area contributed by atoms with E-state index in [0.717, 1.165) is 5.75 Å². The van der Waals surface area contributed by atoms with Crippen LogP contribution in [-0.2, 0) is 0 Å². The molecule has 0 saturated carbocycles. The zero-order valence-electron chi connectivity index (χ0n) is 8.75. The van der Waals surface area contributed by atoms with E-state index in [4.69, 9.17) is 16.3 Å². The van der Waals surface area contributed by atoms with Crippen molar-refractivity contribution in [2.75, 3.05) is 18.6 Å². The summed E-state index contributed by atoms with van der Waals surface area (Å²) in [5.74, 6) is 1.48. The van der Waals surface area contributed by atoms with E-state index < -0.39 is 0 Å². The molecule has 0 aliphatic rings. The number of ether oxygens (including phenoxy) is 1. The van der Waals surface area contributed by atoms with Crippen LogP contribution >= 0.6 is 23.4 Å². The van der Waals surface area contributed by atoms with E-state index in [2.05, 4.69) is 0 Å². The largest absolute Gasteiger partial charge is 0.492 e. The van der Waals surface area contributed by atoms with Crippen LogP contribution in [-0.4, -0.2) is 24.4 Å². The molecule has 0 unspecified atom stereocenters. The van der Waals surface area contributed by atoms with Crippen molar-refractivity contribution in [3.05, 3.63) is 28.8 Å². The Morgan fingerprint density at radius 3 is 2.87 bits per heavy atom. The second-order valence-corrected chi connectivity index (χ2v) is 4.46. The number of carbonyl (C=O) groups is 1. The number of Topliss-reactive ketones (excluding diaryl/α,β-unsaturated/α-hetero) is 1. The summed E-state index contributed by atoms with van der Waals surface area (Å²) in [4.78, 5) is 11.3. The number of rotatable bonds is 5. The molecule has 0 spiro atoms. The lowest BCUT2D eigenvalue weighted by Crippen LogP contribution is -2.04. The van der Waals surface area contributed by atoms with E-state index in [1.54, 1.807) is 30.0 Å². The predicted octanol–water partition coefficient (Wildman–Crippen LogP) is 3.28. The van der Waals surface area contributed by atoms with Gasteiger partial charge in [-0.3, -0.25) is 4.79 Å². The molecule has 0 atom stereocenters. The van der Waals surface area contributed by atoms with Crippen LogP contribution in [0, 0.1) is 0 Å². The van der Waals surface area contributed by atoms with Crippen LogP contribution in [0.2, 0.25) is 5.02 Å². The van der Waals surface area contributed by atoms with Crippen molar-refractivity contribution in [2.24, 2.45) is 0 Å². The minimum absolute atomic E-state index is 0.0309. The van der Waals surface area contributed by atoms with Crippen LogP contribution in [0.5, 0.6) is 5.75 Å². The van der Waals surface area contributed by atoms with Gasteiger partial charge in [0.25, 0.3) is 0 Å². The Kier molecular flexibility index (Phi) is 4.99. The topological polar surface area (TPSA) is 26.3 Å². The molecular weight excluding hydrogens is 232 g/mol. The highest BCUT2D eigenvalue weighted by Crippen LogP contribution is 2.23. The van der Waals surface area contributed by atoms with Crippen molar-refractivity contribution in [3.8, 4) is 5.75 Å². The number of halogens is 1. The summed E-state index contributed by atoms with van der Waals surface area (Å²) in [6.07, 6.45) is 2.01. The first-order valence-electron chi connectivity index (χ1n) is 4.57. The summed E-state index contributed by atoms with van der Waals surface area (Å²) in [6.45, 7) is 2.11. The first kappa shape index (κ1) is 12.4. The maximum absolute atomic E-state index is 11.3. The van der Waals surface area contributed by atoms with Gasteiger partial charge in [0.15, 0.2) is 5.78 Å². The second kappa shape index (κ2) is 6.03. The summed E-state index contributed by atoms with van der Waals surface area (Å²) in [5.41, 5.74) is 0.545. The lowest BCUT2D eigenvalue weighted by molar-refractivity contribution is 0.101. The number of ketones is 1. The van der Waals surface area contributed by atoms with Crippen LogP contribution in [0.3, 0.4) is 0 Å². The van der Waals surface area contributed by atoms with Crippen molar-refractivity contribution in [3.63, 3.8) is 0 Å². The van der Waals surface area contributed by atoms with E-state index in [1.807, 2.05) is 6.26 Å². The smallest absolute Gasteiger partial charge is 0.163 e. The van der Waals surface area contributed by atoms with E-state index in [9.17, 15) is 4.79 Å². The molecule has 0 saturated heterocycles. The first-order chi connectivity index (χ1) is 7.15. The van der Waals surface area contributed by atoms with E-state index in [0.29, 0.717) is 22.9 Å². The molecule has 2 nitrogen and oxygen atoms in total. The fourth-order valence-corrected chi connectivity index (χ4v) is 1.56. The van der Waals surface area contributed by atoms with Gasteiger partial charge >= 0.3 is 0 Å². The highest BCUT2D eigenvalue weighted by Gasteiger charge is 2.08. The Balaban J connectivity index is 2.81. The van der Waals surface area contributed by atoms with Crippen LogP contribution in [0.4, 0.5) is 0 Å². The normalized spacial score (nSPS) is 10.1. The summed E-state index contributed by atoms with van der Waals surface area (Å²) in [6, 6.07) is 5.10. The monoisotopic (exact) mass is 244 g/mol. The number of thioether (sulfide) groups is 1. The van der Waals surface area contributed by atoms with Gasteiger partial charge in [0.1, 0.15) is 5.75 Å². The maximum atomic E-state index is 11.3. The van der Waals surface area contributed by atoms with E-state index in [1.165, 1.54) is 6.92 Å². The molecule has 0 aliphatic heterocycles. The molecule has 0 aromatic heterocycles. The van der Waals surface area contributed by atoms with Gasteiger partial charge in [0, 0.05) is 10.8 Å². The van der Waals surface area contributed by atoms with Crippen LogP contribution in [0.1, 0.15) is 17.3 Å². The average molecular weight is 245 g/mol. The molecule has 1 aromatic carbocycles. The summed E-state index contributed by atoms with van der Waals surface area (Å²) in [7, 11) is 0. The predicted molar refractivity (Wildman–Crippen MR) is 65.3 cm³/mol. The first-order valence-corrected chi connectivity index (χ1v) is 6.34. The SMILES string of the molecule is CSCCOc1ccc(Cl)cc1C(C)=O. The quantitative estimate of drug-likeness (QED) is 0.587. The molecule has 0 radical (unpaired) electrons. The second-order valence-electron chi connectivity index (χ2n) is 3.04. The van der Waals surface area contributed by atoms with Crippen molar-refractivity contribution in [2.45, 2.75) is 6.92 Å². The minimum atomic E-state index is -0.0309. The third-order valence-corrected chi connectivity index (χ3v) is 2.68. The van der Waals surface area contributed by atoms with Crippen molar-refractivity contribution in [1.29, 1.82) is 0 Å². The van der Waals surface area contributed by atoms with Gasteiger partial charge < -0.3 is 4.74 Å². The molecule has 15 heavy (non-hydrogen) atoms.